The van der Waals surface area contributed by atoms with E-state index < -0.39 is 0 Å². The van der Waals surface area contributed by atoms with Gasteiger partial charge in [-0.1, -0.05) is 0 Å². The first-order chi connectivity index (χ1) is 5.97. The average Bonchev–Trinajstić information content (AvgIpc) is 2.21. The first-order valence-electron chi connectivity index (χ1n) is 4.00. The van der Waals surface area contributed by atoms with Crippen molar-refractivity contribution in [3.05, 3.63) is 12.3 Å². The molecule has 1 N–H and O–H groups in total. The topological polar surface area (TPSA) is 49.1 Å². The van der Waals surface area contributed by atoms with Crippen LogP contribution in [0.15, 0.2) is 27.3 Å². The summed E-state index contributed by atoms with van der Waals surface area (Å²) in [6.07, 6.45) is 6.64. The quantitative estimate of drug-likeness (QED) is 0.595. The molecule has 2 aliphatic rings. The van der Waals surface area contributed by atoms with Crippen molar-refractivity contribution in [2.45, 2.75) is 6.42 Å². The molecule has 0 atom stereocenters. The monoisotopic (exact) mass is 162 g/mol. The van der Waals surface area contributed by atoms with Crippen LogP contribution in [0.1, 0.15) is 6.42 Å². The van der Waals surface area contributed by atoms with Gasteiger partial charge < -0.3 is 5.32 Å². The van der Waals surface area contributed by atoms with Crippen LogP contribution >= 0.6 is 0 Å². The minimum atomic E-state index is 0.719. The van der Waals surface area contributed by atoms with Crippen LogP contribution in [0.2, 0.25) is 0 Å². The van der Waals surface area contributed by atoms with Crippen LogP contribution in [0.4, 0.5) is 0 Å². The van der Waals surface area contributed by atoms with E-state index in [4.69, 9.17) is 0 Å². The summed E-state index contributed by atoms with van der Waals surface area (Å²) in [6, 6.07) is 0. The molecule has 0 fully saturated rings. The van der Waals surface area contributed by atoms with Gasteiger partial charge in [0.2, 0.25) is 0 Å². The molecule has 0 radical (unpaired) electrons. The second-order valence-electron chi connectivity index (χ2n) is 2.54. The summed E-state index contributed by atoms with van der Waals surface area (Å²) in [5, 5.41) is 3.01. The molecule has 12 heavy (non-hydrogen) atoms. The van der Waals surface area contributed by atoms with E-state index in [-0.39, 0.29) is 0 Å². The predicted octanol–water partition coefficient (Wildman–Crippen LogP) is 0.375. The molecule has 2 aliphatic heterocycles. The molecule has 2 rings (SSSR count). The molecule has 0 saturated carbocycles. The van der Waals surface area contributed by atoms with Gasteiger partial charge >= 0.3 is 0 Å². The Bertz CT molecular complexity index is 285. The molecule has 0 saturated heterocycles. The van der Waals surface area contributed by atoms with Crippen molar-refractivity contribution in [1.29, 1.82) is 0 Å². The summed E-state index contributed by atoms with van der Waals surface area (Å²) in [4.78, 5) is 12.6. The second-order valence-corrected chi connectivity index (χ2v) is 2.54. The van der Waals surface area contributed by atoms with E-state index in [0.717, 1.165) is 31.2 Å². The minimum Gasteiger partial charge on any atom is -0.344 e. The van der Waals surface area contributed by atoms with E-state index in [0.29, 0.717) is 0 Å². The van der Waals surface area contributed by atoms with Crippen LogP contribution in [-0.2, 0) is 0 Å². The van der Waals surface area contributed by atoms with Gasteiger partial charge in [0.1, 0.15) is 0 Å². The summed E-state index contributed by atoms with van der Waals surface area (Å²) in [5.41, 5.74) is 0. The van der Waals surface area contributed by atoms with E-state index in [2.05, 4.69) is 20.3 Å². The maximum absolute atomic E-state index is 4.24. The molecule has 0 amide bonds. The number of nitrogens with one attached hydrogen (secondary N) is 1. The number of amidine groups is 2. The van der Waals surface area contributed by atoms with Crippen molar-refractivity contribution < 1.29 is 0 Å². The lowest BCUT2D eigenvalue weighted by atomic mass is 10.3. The van der Waals surface area contributed by atoms with E-state index in [1.165, 1.54) is 0 Å². The fraction of sp³-hybridized carbons (Fsp3) is 0.375. The first kappa shape index (κ1) is 7.21. The zero-order valence-electron chi connectivity index (χ0n) is 6.70. The Morgan fingerprint density at radius 3 is 3.00 bits per heavy atom. The largest absolute Gasteiger partial charge is 0.344 e. The smallest absolute Gasteiger partial charge is 0.190 e. The van der Waals surface area contributed by atoms with E-state index in [1.807, 2.05) is 18.5 Å². The van der Waals surface area contributed by atoms with Crippen molar-refractivity contribution in [1.82, 2.24) is 5.32 Å². The van der Waals surface area contributed by atoms with Gasteiger partial charge in [-0.15, -0.1) is 0 Å². The lowest BCUT2D eigenvalue weighted by Gasteiger charge is -2.10. The Morgan fingerprint density at radius 2 is 2.33 bits per heavy atom. The molecule has 4 heteroatoms. The lowest BCUT2D eigenvalue weighted by molar-refractivity contribution is 1.03. The highest BCUT2D eigenvalue weighted by Crippen LogP contribution is 1.96. The van der Waals surface area contributed by atoms with Gasteiger partial charge in [-0.05, 0) is 6.08 Å². The summed E-state index contributed by atoms with van der Waals surface area (Å²) < 4.78 is 0. The first-order valence-corrected chi connectivity index (χ1v) is 4.00. The molecule has 62 valence electrons. The molecule has 0 bridgehead atoms. The van der Waals surface area contributed by atoms with Gasteiger partial charge in [0.05, 0.1) is 6.54 Å². The highest BCUT2D eigenvalue weighted by molar-refractivity contribution is 6.42. The molecule has 0 aromatic rings. The van der Waals surface area contributed by atoms with Crippen molar-refractivity contribution in [2.75, 3.05) is 13.1 Å². The normalized spacial score (nSPS) is 21.3. The van der Waals surface area contributed by atoms with Crippen LogP contribution in [0.25, 0.3) is 0 Å². The van der Waals surface area contributed by atoms with Gasteiger partial charge in [0.15, 0.2) is 11.7 Å². The van der Waals surface area contributed by atoms with E-state index >= 15 is 0 Å². The molecule has 0 aromatic heterocycles. The maximum atomic E-state index is 4.24. The van der Waals surface area contributed by atoms with Crippen molar-refractivity contribution in [3.63, 3.8) is 0 Å². The number of hydrogen-bond acceptors (Lipinski definition) is 4. The highest BCUT2D eigenvalue weighted by Gasteiger charge is 2.08. The lowest BCUT2D eigenvalue weighted by Crippen LogP contribution is -2.29. The Morgan fingerprint density at radius 1 is 1.33 bits per heavy atom. The van der Waals surface area contributed by atoms with Crippen LogP contribution in [0, 0.1) is 0 Å². The average molecular weight is 162 g/mol. The minimum absolute atomic E-state index is 0.719. The van der Waals surface area contributed by atoms with Gasteiger partial charge in [-0.3, -0.25) is 9.98 Å². The summed E-state index contributed by atoms with van der Waals surface area (Å²) in [5.74, 6) is 1.51. The van der Waals surface area contributed by atoms with E-state index in [9.17, 15) is 0 Å². The Kier molecular flexibility index (Phi) is 1.98. The molecule has 2 heterocycles. The van der Waals surface area contributed by atoms with Crippen LogP contribution < -0.4 is 5.32 Å². The maximum Gasteiger partial charge on any atom is 0.190 e. The Labute approximate surface area is 70.8 Å². The standard InChI is InChI=1S/C8H10N4/c1-3-9-7(10-4-1)8-11-5-2-6-12-8/h1,3,5H,2,4,6H2,(H,9,10). The molecule has 4 nitrogen and oxygen atoms in total. The SMILES string of the molecule is C1=CNC(C2=NCCC=N2)=NC1. The zero-order chi connectivity index (χ0) is 8.23. The molecular weight excluding hydrogens is 152 g/mol. The number of nitrogens with zero attached hydrogens (tertiary/aromatic N) is 3. The van der Waals surface area contributed by atoms with Gasteiger partial charge in [0.25, 0.3) is 0 Å². The zero-order valence-corrected chi connectivity index (χ0v) is 6.70. The fourth-order valence-electron chi connectivity index (χ4n) is 1.07. The van der Waals surface area contributed by atoms with Crippen LogP contribution in [-0.4, -0.2) is 31.0 Å². The molecule has 0 unspecified atom stereocenters. The summed E-state index contributed by atoms with van der Waals surface area (Å²) in [6.45, 7) is 1.54. The second kappa shape index (κ2) is 3.30. The Hall–Kier alpha value is -1.45. The Balaban J connectivity index is 2.13. The third-order valence-electron chi connectivity index (χ3n) is 1.64. The molecule has 0 spiro atoms. The molecule has 0 aliphatic carbocycles. The van der Waals surface area contributed by atoms with Gasteiger partial charge in [-0.25, -0.2) is 4.99 Å². The predicted molar refractivity (Wildman–Crippen MR) is 50.0 cm³/mol. The van der Waals surface area contributed by atoms with Crippen molar-refractivity contribution in [3.8, 4) is 0 Å². The number of aliphatic imine (C=N–C) groups is 3. The van der Waals surface area contributed by atoms with E-state index in [1.54, 1.807) is 0 Å². The van der Waals surface area contributed by atoms with Crippen molar-refractivity contribution >= 4 is 17.9 Å². The molecular formula is C8H10N4. The summed E-state index contributed by atoms with van der Waals surface area (Å²) >= 11 is 0. The number of rotatable bonds is 1. The third kappa shape index (κ3) is 1.42. The molecule has 0 aromatic carbocycles. The van der Waals surface area contributed by atoms with Gasteiger partial charge in [0, 0.05) is 25.4 Å². The summed E-state index contributed by atoms with van der Waals surface area (Å²) in [7, 11) is 0. The third-order valence-corrected chi connectivity index (χ3v) is 1.64. The fourth-order valence-corrected chi connectivity index (χ4v) is 1.07. The number of hydrogen-bond donors (Lipinski definition) is 1. The van der Waals surface area contributed by atoms with Crippen molar-refractivity contribution in [2.24, 2.45) is 15.0 Å². The highest BCUT2D eigenvalue weighted by atomic mass is 15.1. The van der Waals surface area contributed by atoms with Crippen LogP contribution in [0.3, 0.4) is 0 Å². The van der Waals surface area contributed by atoms with Crippen LogP contribution in [0.5, 0.6) is 0 Å². The van der Waals surface area contributed by atoms with Gasteiger partial charge in [-0.2, -0.15) is 0 Å².